The van der Waals surface area contributed by atoms with E-state index < -0.39 is 11.9 Å². The molecule has 2 aromatic heterocycles. The number of likely N-dealkylation sites (tertiary alicyclic amines) is 1. The molecule has 0 unspecified atom stereocenters. The molecule has 0 bridgehead atoms. The van der Waals surface area contributed by atoms with Crippen LogP contribution in [-0.2, 0) is 17.5 Å². The van der Waals surface area contributed by atoms with Crippen LogP contribution in [0.1, 0.15) is 36.4 Å². The average molecular weight is 400 g/mol. The Morgan fingerprint density at radius 2 is 2.11 bits per heavy atom. The van der Waals surface area contributed by atoms with Crippen molar-refractivity contribution in [3.05, 3.63) is 40.3 Å². The van der Waals surface area contributed by atoms with Crippen molar-refractivity contribution < 1.29 is 18.0 Å². The van der Waals surface area contributed by atoms with Crippen molar-refractivity contribution >= 4 is 17.2 Å². The number of halogens is 3. The Balaban J connectivity index is 1.58. The molecule has 9 heteroatoms. The van der Waals surface area contributed by atoms with Gasteiger partial charge in [0, 0.05) is 17.6 Å². The van der Waals surface area contributed by atoms with Crippen molar-refractivity contribution in [3.63, 3.8) is 0 Å². The summed E-state index contributed by atoms with van der Waals surface area (Å²) in [6.45, 7) is 4.41. The number of nitrogens with one attached hydrogen (secondary N) is 1. The molecule has 0 aromatic carbocycles. The van der Waals surface area contributed by atoms with E-state index in [2.05, 4.69) is 28.3 Å². The van der Waals surface area contributed by atoms with Crippen LogP contribution in [0.25, 0.3) is 0 Å². The average Bonchev–Trinajstić information content (AvgIpc) is 3.28. The number of amides is 1. The molecule has 1 aliphatic rings. The van der Waals surface area contributed by atoms with Crippen molar-refractivity contribution in [3.8, 4) is 0 Å². The van der Waals surface area contributed by atoms with E-state index in [-0.39, 0.29) is 18.5 Å². The highest BCUT2D eigenvalue weighted by Gasteiger charge is 2.33. The first-order chi connectivity index (χ1) is 12.8. The summed E-state index contributed by atoms with van der Waals surface area (Å²) in [5, 5.41) is 8.29. The molecule has 3 heterocycles. The molecule has 0 aliphatic carbocycles. The van der Waals surface area contributed by atoms with Gasteiger partial charge in [-0.3, -0.25) is 14.4 Å². The van der Waals surface area contributed by atoms with Crippen molar-refractivity contribution in [1.82, 2.24) is 20.0 Å². The van der Waals surface area contributed by atoms with E-state index >= 15 is 0 Å². The molecule has 2 aromatic rings. The summed E-state index contributed by atoms with van der Waals surface area (Å²) in [7, 11) is 0. The predicted octanol–water partition coefficient (Wildman–Crippen LogP) is 3.55. The molecule has 1 atom stereocenters. The van der Waals surface area contributed by atoms with Crippen LogP contribution >= 0.6 is 11.3 Å². The molecule has 1 aliphatic heterocycles. The fraction of sp³-hybridized carbons (Fsp3) is 0.556. The normalized spacial score (nSPS) is 17.8. The lowest BCUT2D eigenvalue weighted by Gasteiger charge is -2.36. The van der Waals surface area contributed by atoms with Gasteiger partial charge in [-0.15, -0.1) is 11.3 Å². The van der Waals surface area contributed by atoms with E-state index in [4.69, 9.17) is 0 Å². The Morgan fingerprint density at radius 1 is 1.37 bits per heavy atom. The number of piperidine rings is 1. The lowest BCUT2D eigenvalue weighted by molar-refractivity contribution is -0.141. The molecule has 0 spiro atoms. The monoisotopic (exact) mass is 400 g/mol. The predicted molar refractivity (Wildman–Crippen MR) is 97.3 cm³/mol. The fourth-order valence-electron chi connectivity index (χ4n) is 3.25. The minimum atomic E-state index is -4.50. The quantitative estimate of drug-likeness (QED) is 0.807. The minimum Gasteiger partial charge on any atom is -0.353 e. The number of hydrogen-bond acceptors (Lipinski definition) is 4. The first-order valence-electron chi connectivity index (χ1n) is 8.97. The smallest absolute Gasteiger partial charge is 0.353 e. The molecule has 3 rings (SSSR count). The second-order valence-corrected chi connectivity index (χ2v) is 7.93. The second-order valence-electron chi connectivity index (χ2n) is 6.95. The summed E-state index contributed by atoms with van der Waals surface area (Å²) in [5.74, 6) is 0.362. The first-order valence-corrected chi connectivity index (χ1v) is 9.85. The van der Waals surface area contributed by atoms with Gasteiger partial charge in [0.15, 0.2) is 5.69 Å². The summed E-state index contributed by atoms with van der Waals surface area (Å²) in [5.41, 5.74) is -0.991. The molecule has 0 saturated carbocycles. The topological polar surface area (TPSA) is 50.2 Å². The van der Waals surface area contributed by atoms with Gasteiger partial charge in [-0.25, -0.2) is 0 Å². The molecule has 1 amide bonds. The zero-order valence-electron chi connectivity index (χ0n) is 15.1. The third-order valence-corrected chi connectivity index (χ3v) is 5.83. The zero-order chi connectivity index (χ0) is 19.4. The summed E-state index contributed by atoms with van der Waals surface area (Å²) >= 11 is 1.65. The van der Waals surface area contributed by atoms with Crippen molar-refractivity contribution in [2.75, 3.05) is 19.6 Å². The van der Waals surface area contributed by atoms with Crippen LogP contribution < -0.4 is 5.32 Å². The molecule has 1 fully saturated rings. The molecule has 0 radical (unpaired) electrons. The van der Waals surface area contributed by atoms with Gasteiger partial charge in [0.1, 0.15) is 6.54 Å². The maximum Gasteiger partial charge on any atom is 0.435 e. The third kappa shape index (κ3) is 5.32. The molecule has 5 nitrogen and oxygen atoms in total. The van der Waals surface area contributed by atoms with Gasteiger partial charge in [0.2, 0.25) is 5.91 Å². The Labute approximate surface area is 160 Å². The van der Waals surface area contributed by atoms with E-state index in [1.807, 2.05) is 11.4 Å². The SMILES string of the molecule is CC1CCN([C@H](CNC(=O)Cn2ccc(C(F)(F)F)n2)c2cccs2)CC1. The second kappa shape index (κ2) is 8.43. The fourth-order valence-corrected chi connectivity index (χ4v) is 4.11. The van der Waals surface area contributed by atoms with Crippen molar-refractivity contribution in [2.45, 2.75) is 38.5 Å². The van der Waals surface area contributed by atoms with Crippen molar-refractivity contribution in [1.29, 1.82) is 0 Å². The van der Waals surface area contributed by atoms with Crippen LogP contribution in [0.3, 0.4) is 0 Å². The number of hydrogen-bond donors (Lipinski definition) is 1. The van der Waals surface area contributed by atoms with Gasteiger partial charge in [-0.05, 0) is 49.4 Å². The van der Waals surface area contributed by atoms with E-state index in [9.17, 15) is 18.0 Å². The molecule has 148 valence electrons. The summed E-state index contributed by atoms with van der Waals surface area (Å²) in [6, 6.07) is 5.01. The van der Waals surface area contributed by atoms with Gasteiger partial charge >= 0.3 is 6.18 Å². The highest BCUT2D eigenvalue weighted by molar-refractivity contribution is 7.10. The Kier molecular flexibility index (Phi) is 6.21. The number of alkyl halides is 3. The van der Waals surface area contributed by atoms with Crippen LogP contribution in [-0.4, -0.2) is 40.2 Å². The number of thiophene rings is 1. The lowest BCUT2D eigenvalue weighted by atomic mass is 9.97. The van der Waals surface area contributed by atoms with Gasteiger partial charge < -0.3 is 5.32 Å². The standard InChI is InChI=1S/C18H23F3N4OS/c1-13-4-7-24(8-5-13)14(15-3-2-10-27-15)11-22-17(26)12-25-9-6-16(23-25)18(19,20)21/h2-3,6,9-10,13-14H,4-5,7-8,11-12H2,1H3,(H,22,26)/t14-/m1/s1. The maximum atomic E-state index is 12.6. The number of carbonyl (C=O) groups excluding carboxylic acids is 1. The maximum absolute atomic E-state index is 12.6. The highest BCUT2D eigenvalue weighted by atomic mass is 32.1. The number of aromatic nitrogens is 2. The molecule has 1 saturated heterocycles. The van der Waals surface area contributed by atoms with E-state index in [1.165, 1.54) is 11.1 Å². The van der Waals surface area contributed by atoms with E-state index in [0.29, 0.717) is 12.5 Å². The van der Waals surface area contributed by atoms with E-state index in [0.717, 1.165) is 36.7 Å². The Morgan fingerprint density at radius 3 is 2.70 bits per heavy atom. The Hall–Kier alpha value is -1.87. The van der Waals surface area contributed by atoms with Crippen LogP contribution in [0.2, 0.25) is 0 Å². The van der Waals surface area contributed by atoms with Gasteiger partial charge in [-0.1, -0.05) is 13.0 Å². The summed E-state index contributed by atoms with van der Waals surface area (Å²) in [6.07, 6.45) is -1.07. The Bertz CT molecular complexity index is 736. The van der Waals surface area contributed by atoms with Gasteiger partial charge in [-0.2, -0.15) is 18.3 Å². The number of carbonyl (C=O) groups is 1. The van der Waals surface area contributed by atoms with Crippen LogP contribution in [0.15, 0.2) is 29.8 Å². The summed E-state index contributed by atoms with van der Waals surface area (Å²) < 4.78 is 38.8. The number of nitrogens with zero attached hydrogens (tertiary/aromatic N) is 3. The van der Waals surface area contributed by atoms with Gasteiger partial charge in [0.05, 0.1) is 6.04 Å². The minimum absolute atomic E-state index is 0.0878. The van der Waals surface area contributed by atoms with Crippen molar-refractivity contribution in [2.24, 2.45) is 5.92 Å². The van der Waals surface area contributed by atoms with Gasteiger partial charge in [0.25, 0.3) is 0 Å². The summed E-state index contributed by atoms with van der Waals surface area (Å²) in [4.78, 5) is 15.8. The molecule has 1 N–H and O–H groups in total. The molecule has 27 heavy (non-hydrogen) atoms. The largest absolute Gasteiger partial charge is 0.435 e. The molecular weight excluding hydrogens is 377 g/mol. The highest BCUT2D eigenvalue weighted by Crippen LogP contribution is 2.29. The number of rotatable bonds is 6. The zero-order valence-corrected chi connectivity index (χ0v) is 15.9. The first kappa shape index (κ1) is 19.9. The van der Waals surface area contributed by atoms with E-state index in [1.54, 1.807) is 11.3 Å². The molecular formula is C18H23F3N4OS. The lowest BCUT2D eigenvalue weighted by Crippen LogP contribution is -2.42. The van der Waals surface area contributed by atoms with Crippen LogP contribution in [0.4, 0.5) is 13.2 Å². The van der Waals surface area contributed by atoms with Crippen LogP contribution in [0, 0.1) is 5.92 Å². The third-order valence-electron chi connectivity index (χ3n) is 4.86. The van der Waals surface area contributed by atoms with Crippen LogP contribution in [0.5, 0.6) is 0 Å².